The van der Waals surface area contributed by atoms with Crippen LogP contribution in [0, 0.1) is 0 Å². The van der Waals surface area contributed by atoms with Gasteiger partial charge in [-0.05, 0) is 6.08 Å². The monoisotopic (exact) mass is 274 g/mol. The zero-order valence-corrected chi connectivity index (χ0v) is 8.62. The van der Waals surface area contributed by atoms with Gasteiger partial charge >= 0.3 is 18.1 Å². The lowest BCUT2D eigenvalue weighted by Gasteiger charge is -2.22. The number of carbonyl (C=O) groups excluding carboxylic acids is 1. The van der Waals surface area contributed by atoms with Gasteiger partial charge in [-0.3, -0.25) is 0 Å². The Balaban J connectivity index is 2.00. The highest BCUT2D eigenvalue weighted by Gasteiger charge is 2.65. The Labute approximate surface area is 97.3 Å². The van der Waals surface area contributed by atoms with E-state index in [0.29, 0.717) is 0 Å². The van der Waals surface area contributed by atoms with Crippen LogP contribution >= 0.6 is 0 Å². The van der Waals surface area contributed by atoms with Crippen molar-refractivity contribution in [1.29, 1.82) is 0 Å². The molecule has 102 valence electrons. The number of esters is 1. The predicted molar refractivity (Wildman–Crippen MR) is 44.6 cm³/mol. The minimum absolute atomic E-state index is 0.292. The van der Waals surface area contributed by atoms with E-state index in [1.165, 1.54) is 12.3 Å². The molecule has 0 aromatic carbocycles. The number of rotatable bonds is 2. The van der Waals surface area contributed by atoms with Crippen LogP contribution in [0.25, 0.3) is 0 Å². The molecular formula is C9H7F5O4. The molecule has 2 aliphatic rings. The summed E-state index contributed by atoms with van der Waals surface area (Å²) in [6.07, 6.45) is -6.10. The molecular weight excluding hydrogens is 267 g/mol. The minimum Gasteiger partial charge on any atom is -0.491 e. The molecule has 1 fully saturated rings. The number of ether oxygens (including phenoxy) is 3. The van der Waals surface area contributed by atoms with E-state index in [9.17, 15) is 26.7 Å². The lowest BCUT2D eigenvalue weighted by molar-refractivity contribution is -0.283. The number of fused-ring (bicyclic) bond motifs is 1. The fourth-order valence-corrected chi connectivity index (χ4v) is 1.58. The molecule has 2 aliphatic heterocycles. The number of alkyl halides is 5. The summed E-state index contributed by atoms with van der Waals surface area (Å²) in [7, 11) is 0. The zero-order chi connectivity index (χ0) is 13.6. The van der Waals surface area contributed by atoms with Crippen molar-refractivity contribution < 1.29 is 41.0 Å². The quantitative estimate of drug-likeness (QED) is 0.564. The fourth-order valence-electron chi connectivity index (χ4n) is 1.58. The Morgan fingerprint density at radius 3 is 2.56 bits per heavy atom. The summed E-state index contributed by atoms with van der Waals surface area (Å²) < 4.78 is 74.9. The molecule has 1 saturated heterocycles. The highest BCUT2D eigenvalue weighted by molar-refractivity contribution is 5.78. The van der Waals surface area contributed by atoms with Gasteiger partial charge in [-0.2, -0.15) is 22.0 Å². The van der Waals surface area contributed by atoms with E-state index < -0.39 is 36.4 Å². The van der Waals surface area contributed by atoms with Crippen LogP contribution in [0.2, 0.25) is 0 Å². The molecule has 0 amide bonds. The Kier molecular flexibility index (Phi) is 2.96. The summed E-state index contributed by atoms with van der Waals surface area (Å²) in [5.74, 6) is -8.20. The molecule has 18 heavy (non-hydrogen) atoms. The second-order valence-electron chi connectivity index (χ2n) is 3.74. The molecule has 0 bridgehead atoms. The number of carbonyl (C=O) groups is 1. The van der Waals surface area contributed by atoms with Crippen LogP contribution < -0.4 is 0 Å². The maximum atomic E-state index is 12.6. The Bertz CT molecular complexity index is 378. The Hall–Kier alpha value is -1.38. The summed E-state index contributed by atoms with van der Waals surface area (Å²) >= 11 is 0. The van der Waals surface area contributed by atoms with Gasteiger partial charge in [-0.15, -0.1) is 0 Å². The first-order valence-electron chi connectivity index (χ1n) is 4.83. The topological polar surface area (TPSA) is 44.8 Å². The minimum atomic E-state index is -5.99. The molecule has 0 aromatic heterocycles. The SMILES string of the molecule is O=C(OC1COC2C=COC21)C(F)(F)C(F)(F)F. The molecule has 9 heteroatoms. The van der Waals surface area contributed by atoms with Crippen LogP contribution in [-0.4, -0.2) is 43.0 Å². The van der Waals surface area contributed by atoms with Gasteiger partial charge in [-0.25, -0.2) is 4.79 Å². The van der Waals surface area contributed by atoms with Gasteiger partial charge in [0, 0.05) is 0 Å². The van der Waals surface area contributed by atoms with Crippen molar-refractivity contribution in [2.75, 3.05) is 6.61 Å². The summed E-state index contributed by atoms with van der Waals surface area (Å²) in [5, 5.41) is 0. The normalized spacial score (nSPS) is 31.1. The lowest BCUT2D eigenvalue weighted by Crippen LogP contribution is -2.47. The van der Waals surface area contributed by atoms with Gasteiger partial charge in [-0.1, -0.05) is 0 Å². The van der Waals surface area contributed by atoms with Gasteiger partial charge in [0.2, 0.25) is 0 Å². The van der Waals surface area contributed by atoms with Crippen molar-refractivity contribution in [3.05, 3.63) is 12.3 Å². The van der Waals surface area contributed by atoms with E-state index >= 15 is 0 Å². The van der Waals surface area contributed by atoms with Gasteiger partial charge in [0.1, 0.15) is 6.10 Å². The van der Waals surface area contributed by atoms with Crippen LogP contribution in [-0.2, 0) is 19.0 Å². The molecule has 2 rings (SSSR count). The maximum absolute atomic E-state index is 12.6. The van der Waals surface area contributed by atoms with Crippen molar-refractivity contribution in [2.45, 2.75) is 30.4 Å². The summed E-state index contributed by atoms with van der Waals surface area (Å²) in [6, 6.07) is 0. The number of hydrogen-bond donors (Lipinski definition) is 0. The standard InChI is InChI=1S/C9H7F5O4/c10-8(11,9(12,13)14)7(15)18-5-3-17-4-1-2-16-6(4)5/h1-2,4-6H,3H2. The molecule has 0 aromatic rings. The zero-order valence-electron chi connectivity index (χ0n) is 8.62. The molecule has 0 aliphatic carbocycles. The van der Waals surface area contributed by atoms with Gasteiger partial charge < -0.3 is 14.2 Å². The number of halogens is 5. The average molecular weight is 274 g/mol. The van der Waals surface area contributed by atoms with Crippen LogP contribution in [0.1, 0.15) is 0 Å². The van der Waals surface area contributed by atoms with E-state index in [0.717, 1.165) is 0 Å². The van der Waals surface area contributed by atoms with E-state index in [4.69, 9.17) is 9.47 Å². The third-order valence-electron chi connectivity index (χ3n) is 2.52. The molecule has 2 heterocycles. The van der Waals surface area contributed by atoms with Crippen LogP contribution in [0.5, 0.6) is 0 Å². The molecule has 0 saturated carbocycles. The highest BCUT2D eigenvalue weighted by Crippen LogP contribution is 2.37. The predicted octanol–water partition coefficient (Wildman–Crippen LogP) is 1.41. The van der Waals surface area contributed by atoms with Crippen molar-refractivity contribution >= 4 is 5.97 Å². The van der Waals surface area contributed by atoms with E-state index in [1.54, 1.807) is 0 Å². The molecule has 0 N–H and O–H groups in total. The maximum Gasteiger partial charge on any atom is 0.465 e. The van der Waals surface area contributed by atoms with Crippen LogP contribution in [0.15, 0.2) is 12.3 Å². The number of hydrogen-bond acceptors (Lipinski definition) is 4. The van der Waals surface area contributed by atoms with Crippen molar-refractivity contribution in [1.82, 2.24) is 0 Å². The van der Waals surface area contributed by atoms with Gasteiger partial charge in [0.25, 0.3) is 0 Å². The van der Waals surface area contributed by atoms with E-state index in [1.807, 2.05) is 0 Å². The van der Waals surface area contributed by atoms with Crippen molar-refractivity contribution in [3.8, 4) is 0 Å². The third kappa shape index (κ3) is 2.02. The van der Waals surface area contributed by atoms with Gasteiger partial charge in [0.15, 0.2) is 12.2 Å². The molecule has 3 unspecified atom stereocenters. The van der Waals surface area contributed by atoms with Crippen molar-refractivity contribution in [3.63, 3.8) is 0 Å². The Morgan fingerprint density at radius 2 is 1.94 bits per heavy atom. The summed E-state index contributed by atoms with van der Waals surface area (Å²) in [4.78, 5) is 10.8. The average Bonchev–Trinajstić information content (AvgIpc) is 2.80. The van der Waals surface area contributed by atoms with Crippen LogP contribution in [0.3, 0.4) is 0 Å². The molecule has 3 atom stereocenters. The second kappa shape index (κ2) is 4.08. The summed E-state index contributed by atoms with van der Waals surface area (Å²) in [5.41, 5.74) is 0. The van der Waals surface area contributed by atoms with Crippen LogP contribution in [0.4, 0.5) is 22.0 Å². The second-order valence-corrected chi connectivity index (χ2v) is 3.74. The summed E-state index contributed by atoms with van der Waals surface area (Å²) in [6.45, 7) is -0.292. The molecule has 4 nitrogen and oxygen atoms in total. The third-order valence-corrected chi connectivity index (χ3v) is 2.52. The lowest BCUT2D eigenvalue weighted by atomic mass is 10.1. The smallest absolute Gasteiger partial charge is 0.465 e. The van der Waals surface area contributed by atoms with E-state index in [2.05, 4.69) is 4.74 Å². The first-order valence-corrected chi connectivity index (χ1v) is 4.83. The molecule has 0 radical (unpaired) electrons. The highest BCUT2D eigenvalue weighted by atomic mass is 19.4. The largest absolute Gasteiger partial charge is 0.491 e. The van der Waals surface area contributed by atoms with Gasteiger partial charge in [0.05, 0.1) is 12.9 Å². The first-order chi connectivity index (χ1) is 8.23. The fraction of sp³-hybridized carbons (Fsp3) is 0.667. The molecule has 0 spiro atoms. The first kappa shape index (κ1) is 13.1. The van der Waals surface area contributed by atoms with Crippen molar-refractivity contribution in [2.24, 2.45) is 0 Å². The van der Waals surface area contributed by atoms with E-state index in [-0.39, 0.29) is 6.61 Å². The Morgan fingerprint density at radius 1 is 1.28 bits per heavy atom.